The molecule has 4 rings (SSSR count). The van der Waals surface area contributed by atoms with Gasteiger partial charge in [0.15, 0.2) is 5.76 Å². The van der Waals surface area contributed by atoms with E-state index in [1.807, 2.05) is 0 Å². The average molecular weight is 425 g/mol. The molecule has 10 heteroatoms. The normalized spacial score (nSPS) is 14.5. The monoisotopic (exact) mass is 425 g/mol. The minimum absolute atomic E-state index is 0.0312. The van der Waals surface area contributed by atoms with Crippen molar-refractivity contribution in [3.63, 3.8) is 0 Å². The Hall–Kier alpha value is -3.50. The van der Waals surface area contributed by atoms with Gasteiger partial charge in [0.2, 0.25) is 0 Å². The summed E-state index contributed by atoms with van der Waals surface area (Å²) in [4.78, 5) is 25.7. The number of nitrogens with zero attached hydrogens (tertiary/aromatic N) is 4. The Bertz CT molecular complexity index is 1020. The molecule has 1 fully saturated rings. The molecule has 0 radical (unpaired) electrons. The second-order valence-corrected chi connectivity index (χ2v) is 7.14. The van der Waals surface area contributed by atoms with E-state index in [1.54, 1.807) is 30.3 Å². The third-order valence-electron chi connectivity index (χ3n) is 5.06. The van der Waals surface area contributed by atoms with Gasteiger partial charge >= 0.3 is 0 Å². The zero-order valence-corrected chi connectivity index (χ0v) is 16.9. The lowest BCUT2D eigenvalue weighted by atomic mass is 10.2. The molecular weight excluding hydrogens is 402 g/mol. The van der Waals surface area contributed by atoms with Crippen molar-refractivity contribution in [2.45, 2.75) is 6.42 Å². The molecule has 0 saturated carbocycles. The van der Waals surface area contributed by atoms with Crippen LogP contribution in [0.25, 0.3) is 17.1 Å². The topological polar surface area (TPSA) is 116 Å². The summed E-state index contributed by atoms with van der Waals surface area (Å²) < 4.78 is 12.2. The van der Waals surface area contributed by atoms with Gasteiger partial charge in [-0.3, -0.25) is 19.8 Å². The number of nitro benzene ring substituents is 1. The molecule has 0 bridgehead atoms. The minimum atomic E-state index is -0.469. The smallest absolute Gasteiger partial charge is 0.270 e. The Labute approximate surface area is 178 Å². The van der Waals surface area contributed by atoms with Gasteiger partial charge in [-0.1, -0.05) is 0 Å². The van der Waals surface area contributed by atoms with Crippen molar-refractivity contribution >= 4 is 11.6 Å². The maximum absolute atomic E-state index is 12.9. The molecule has 1 aromatic carbocycles. The lowest BCUT2D eigenvalue weighted by Crippen LogP contribution is -2.38. The van der Waals surface area contributed by atoms with Gasteiger partial charge in [0, 0.05) is 37.8 Å². The molecule has 0 aliphatic carbocycles. The molecule has 0 spiro atoms. The fourth-order valence-electron chi connectivity index (χ4n) is 3.42. The van der Waals surface area contributed by atoms with Crippen molar-refractivity contribution in [3.8, 4) is 17.1 Å². The predicted octanol–water partition coefficient (Wildman–Crippen LogP) is 2.49. The summed E-state index contributed by atoms with van der Waals surface area (Å²) in [5, 5.41) is 18.4. The van der Waals surface area contributed by atoms with Gasteiger partial charge < -0.3 is 14.5 Å². The highest BCUT2D eigenvalue weighted by molar-refractivity contribution is 5.94. The number of hydrogen-bond acceptors (Lipinski definition) is 7. The predicted molar refractivity (Wildman–Crippen MR) is 112 cm³/mol. The molecule has 31 heavy (non-hydrogen) atoms. The number of hydrogen-bond donors (Lipinski definition) is 1. The van der Waals surface area contributed by atoms with Gasteiger partial charge in [-0.05, 0) is 37.2 Å². The van der Waals surface area contributed by atoms with Crippen LogP contribution in [0, 0.1) is 10.1 Å². The number of furan rings is 1. The molecule has 0 atom stereocenters. The van der Waals surface area contributed by atoms with Gasteiger partial charge in [-0.15, -0.1) is 0 Å². The van der Waals surface area contributed by atoms with Crippen LogP contribution in [0.5, 0.6) is 0 Å². The molecule has 1 amide bonds. The fourth-order valence-corrected chi connectivity index (χ4v) is 3.42. The van der Waals surface area contributed by atoms with Crippen LogP contribution in [0.4, 0.5) is 5.69 Å². The molecule has 10 nitrogen and oxygen atoms in total. The average Bonchev–Trinajstić information content (AvgIpc) is 3.47. The van der Waals surface area contributed by atoms with E-state index < -0.39 is 4.92 Å². The van der Waals surface area contributed by atoms with Crippen LogP contribution in [-0.2, 0) is 4.74 Å². The van der Waals surface area contributed by atoms with Gasteiger partial charge in [0.25, 0.3) is 11.6 Å². The summed E-state index contributed by atoms with van der Waals surface area (Å²) in [5.74, 6) is 0.257. The van der Waals surface area contributed by atoms with Crippen molar-refractivity contribution in [1.82, 2.24) is 20.0 Å². The number of nitro groups is 1. The van der Waals surface area contributed by atoms with Crippen molar-refractivity contribution in [1.29, 1.82) is 0 Å². The first-order valence-corrected chi connectivity index (χ1v) is 10.1. The quantitative estimate of drug-likeness (QED) is 0.335. The second-order valence-electron chi connectivity index (χ2n) is 7.14. The lowest BCUT2D eigenvalue weighted by Gasteiger charge is -2.26. The number of non-ortho nitro benzene ring substituents is 1. The molecule has 1 aliphatic heterocycles. The van der Waals surface area contributed by atoms with Crippen LogP contribution in [-0.4, -0.2) is 64.9 Å². The number of ether oxygens (including phenoxy) is 1. The van der Waals surface area contributed by atoms with Crippen molar-refractivity contribution in [3.05, 3.63) is 64.5 Å². The number of morpholine rings is 1. The zero-order chi connectivity index (χ0) is 21.6. The van der Waals surface area contributed by atoms with Gasteiger partial charge in [0.05, 0.1) is 30.1 Å². The van der Waals surface area contributed by atoms with Crippen LogP contribution >= 0.6 is 0 Å². The SMILES string of the molecule is O=C(NCCCN1CCOCC1)c1cc(-c2ccco2)nn1-c1ccc([N+](=O)[O-])cc1. The Balaban J connectivity index is 1.49. The fraction of sp³-hybridized carbons (Fsp3) is 0.333. The molecule has 3 heterocycles. The van der Waals surface area contributed by atoms with E-state index >= 15 is 0 Å². The maximum Gasteiger partial charge on any atom is 0.270 e. The third-order valence-corrected chi connectivity index (χ3v) is 5.06. The third kappa shape index (κ3) is 4.98. The van der Waals surface area contributed by atoms with E-state index in [-0.39, 0.29) is 11.6 Å². The van der Waals surface area contributed by atoms with Crippen molar-refractivity contribution in [2.24, 2.45) is 0 Å². The van der Waals surface area contributed by atoms with Crippen LogP contribution in [0.3, 0.4) is 0 Å². The number of carbonyl (C=O) groups excluding carboxylic acids is 1. The number of carbonyl (C=O) groups is 1. The second kappa shape index (κ2) is 9.54. The van der Waals surface area contributed by atoms with E-state index in [9.17, 15) is 14.9 Å². The number of aromatic nitrogens is 2. The molecule has 1 N–H and O–H groups in total. The van der Waals surface area contributed by atoms with E-state index in [4.69, 9.17) is 9.15 Å². The van der Waals surface area contributed by atoms with E-state index in [0.29, 0.717) is 29.4 Å². The maximum atomic E-state index is 12.9. The number of amides is 1. The molecule has 3 aromatic rings. The van der Waals surface area contributed by atoms with Crippen LogP contribution in [0.15, 0.2) is 53.1 Å². The molecule has 0 unspecified atom stereocenters. The van der Waals surface area contributed by atoms with Gasteiger partial charge in [-0.25, -0.2) is 4.68 Å². The molecule has 2 aromatic heterocycles. The first-order chi connectivity index (χ1) is 15.1. The van der Waals surface area contributed by atoms with Crippen LogP contribution in [0.1, 0.15) is 16.9 Å². The molecule has 1 aliphatic rings. The zero-order valence-electron chi connectivity index (χ0n) is 16.9. The van der Waals surface area contributed by atoms with Gasteiger partial charge in [-0.2, -0.15) is 5.10 Å². The minimum Gasteiger partial charge on any atom is -0.463 e. The van der Waals surface area contributed by atoms with Gasteiger partial charge in [0.1, 0.15) is 11.4 Å². The highest BCUT2D eigenvalue weighted by Crippen LogP contribution is 2.23. The summed E-state index contributed by atoms with van der Waals surface area (Å²) in [5.41, 5.74) is 1.34. The largest absolute Gasteiger partial charge is 0.463 e. The van der Waals surface area contributed by atoms with Crippen LogP contribution in [0.2, 0.25) is 0 Å². The number of rotatable bonds is 8. The van der Waals surface area contributed by atoms with Crippen molar-refractivity contribution < 1.29 is 18.9 Å². The number of benzene rings is 1. The first-order valence-electron chi connectivity index (χ1n) is 10.1. The number of nitrogens with one attached hydrogen (secondary N) is 1. The molecular formula is C21H23N5O5. The summed E-state index contributed by atoms with van der Waals surface area (Å²) in [6, 6.07) is 11.0. The lowest BCUT2D eigenvalue weighted by molar-refractivity contribution is -0.384. The standard InChI is InChI=1S/C21H23N5O5/c27-21(22-8-2-9-24-10-13-30-14-11-24)19-15-18(20-3-1-12-31-20)23-25(19)16-4-6-17(7-5-16)26(28)29/h1,3-7,12,15H,2,8-11,13-14H2,(H,22,27). The highest BCUT2D eigenvalue weighted by Gasteiger charge is 2.19. The van der Waals surface area contributed by atoms with E-state index in [0.717, 1.165) is 39.3 Å². The van der Waals surface area contributed by atoms with Crippen LogP contribution < -0.4 is 5.32 Å². The Morgan fingerprint density at radius 2 is 1.97 bits per heavy atom. The summed E-state index contributed by atoms with van der Waals surface area (Å²) in [7, 11) is 0. The van der Waals surface area contributed by atoms with E-state index in [2.05, 4.69) is 15.3 Å². The molecule has 1 saturated heterocycles. The summed E-state index contributed by atoms with van der Waals surface area (Å²) in [6.07, 6.45) is 2.36. The highest BCUT2D eigenvalue weighted by atomic mass is 16.6. The molecule has 162 valence electrons. The first kappa shape index (κ1) is 20.8. The van der Waals surface area contributed by atoms with E-state index in [1.165, 1.54) is 23.1 Å². The Kier molecular flexibility index (Phi) is 6.39. The Morgan fingerprint density at radius 1 is 1.19 bits per heavy atom. The van der Waals surface area contributed by atoms with Crippen molar-refractivity contribution in [2.75, 3.05) is 39.4 Å². The Morgan fingerprint density at radius 3 is 2.65 bits per heavy atom. The summed E-state index contributed by atoms with van der Waals surface area (Å²) in [6.45, 7) is 4.73. The summed E-state index contributed by atoms with van der Waals surface area (Å²) >= 11 is 0.